The Morgan fingerprint density at radius 3 is 2.52 bits per heavy atom. The number of nitro groups is 1. The van der Waals surface area contributed by atoms with Crippen molar-refractivity contribution in [2.45, 2.75) is 13.3 Å². The van der Waals surface area contributed by atoms with Gasteiger partial charge in [-0.3, -0.25) is 10.1 Å². The number of benzene rings is 1. The number of pyridine rings is 1. The Kier molecular flexibility index (Phi) is 4.34. The number of aryl methyl sites for hydroxylation is 1. The number of nitrogen functional groups attached to an aromatic ring is 1. The zero-order valence-electron chi connectivity index (χ0n) is 11.9. The molecule has 0 saturated carbocycles. The molecular formula is C14H17N5O2. The Balaban J connectivity index is 2.38. The first-order chi connectivity index (χ1) is 10.0. The minimum atomic E-state index is -0.472. The zero-order chi connectivity index (χ0) is 15.4. The molecule has 21 heavy (non-hydrogen) atoms. The van der Waals surface area contributed by atoms with E-state index in [9.17, 15) is 10.1 Å². The second-order valence-corrected chi connectivity index (χ2v) is 4.55. The fourth-order valence-corrected chi connectivity index (χ4v) is 1.94. The van der Waals surface area contributed by atoms with Gasteiger partial charge in [0, 0.05) is 12.7 Å². The van der Waals surface area contributed by atoms with Gasteiger partial charge in [-0.2, -0.15) is 0 Å². The minimum absolute atomic E-state index is 0.0648. The molecule has 7 nitrogen and oxygen atoms in total. The van der Waals surface area contributed by atoms with Gasteiger partial charge < -0.3 is 10.3 Å². The van der Waals surface area contributed by atoms with E-state index in [-0.39, 0.29) is 11.5 Å². The van der Waals surface area contributed by atoms with E-state index in [2.05, 4.69) is 17.3 Å². The molecule has 0 saturated heterocycles. The van der Waals surface area contributed by atoms with Gasteiger partial charge in [-0.15, -0.1) is 0 Å². The van der Waals surface area contributed by atoms with Crippen molar-refractivity contribution in [3.8, 4) is 0 Å². The van der Waals surface area contributed by atoms with E-state index >= 15 is 0 Å². The van der Waals surface area contributed by atoms with Gasteiger partial charge in [0.2, 0.25) is 0 Å². The Hall–Kier alpha value is -2.67. The first-order valence-electron chi connectivity index (χ1n) is 6.51. The lowest BCUT2D eigenvalue weighted by Gasteiger charge is -2.19. The second kappa shape index (κ2) is 6.19. The van der Waals surface area contributed by atoms with Gasteiger partial charge >= 0.3 is 0 Å². The van der Waals surface area contributed by atoms with Gasteiger partial charge in [-0.25, -0.2) is 10.8 Å². The maximum absolute atomic E-state index is 11.0. The van der Waals surface area contributed by atoms with Crippen LogP contribution < -0.4 is 16.2 Å². The Morgan fingerprint density at radius 2 is 2.00 bits per heavy atom. The summed E-state index contributed by atoms with van der Waals surface area (Å²) in [6.45, 7) is 2.08. The number of rotatable bonds is 5. The van der Waals surface area contributed by atoms with E-state index in [1.165, 1.54) is 17.7 Å². The minimum Gasteiger partial charge on any atom is -0.329 e. The van der Waals surface area contributed by atoms with Gasteiger partial charge in [-0.1, -0.05) is 19.1 Å². The lowest BCUT2D eigenvalue weighted by molar-refractivity contribution is -0.384. The lowest BCUT2D eigenvalue weighted by Crippen LogP contribution is -2.15. The van der Waals surface area contributed by atoms with Crippen molar-refractivity contribution in [3.63, 3.8) is 0 Å². The van der Waals surface area contributed by atoms with Gasteiger partial charge in [0.25, 0.3) is 5.69 Å². The van der Waals surface area contributed by atoms with Crippen molar-refractivity contribution < 1.29 is 4.92 Å². The predicted octanol–water partition coefficient (Wildman–Crippen LogP) is 2.61. The SMILES string of the molecule is CCc1ccc(N(C)c2cc([N+](=O)[O-])cc(NN)n2)cc1. The van der Waals surface area contributed by atoms with Crippen LogP contribution in [0.25, 0.3) is 0 Å². The third-order valence-corrected chi connectivity index (χ3v) is 3.23. The molecule has 0 bridgehead atoms. The van der Waals surface area contributed by atoms with Crippen LogP contribution in [0.1, 0.15) is 12.5 Å². The van der Waals surface area contributed by atoms with Crippen LogP contribution in [-0.4, -0.2) is 17.0 Å². The summed E-state index contributed by atoms with van der Waals surface area (Å²) in [5.74, 6) is 6.00. The molecule has 3 N–H and O–H groups in total. The Bertz CT molecular complexity index is 642. The van der Waals surface area contributed by atoms with Crippen molar-refractivity contribution in [2.24, 2.45) is 5.84 Å². The maximum atomic E-state index is 11.0. The van der Waals surface area contributed by atoms with E-state index in [1.807, 2.05) is 24.3 Å². The van der Waals surface area contributed by atoms with E-state index in [0.717, 1.165) is 12.1 Å². The third-order valence-electron chi connectivity index (χ3n) is 3.23. The average Bonchev–Trinajstić information content (AvgIpc) is 2.53. The highest BCUT2D eigenvalue weighted by Gasteiger charge is 2.14. The number of nitrogens with one attached hydrogen (secondary N) is 1. The molecule has 0 unspecified atom stereocenters. The molecule has 0 aliphatic rings. The van der Waals surface area contributed by atoms with Gasteiger partial charge in [0.1, 0.15) is 11.6 Å². The molecular weight excluding hydrogens is 270 g/mol. The van der Waals surface area contributed by atoms with Crippen LogP contribution in [0.3, 0.4) is 0 Å². The van der Waals surface area contributed by atoms with Crippen LogP contribution in [0.5, 0.6) is 0 Å². The number of nitrogens with two attached hydrogens (primary N) is 1. The quantitative estimate of drug-likeness (QED) is 0.498. The topological polar surface area (TPSA) is 97.3 Å². The molecule has 0 spiro atoms. The molecule has 2 rings (SSSR count). The van der Waals surface area contributed by atoms with Crippen LogP contribution in [0.2, 0.25) is 0 Å². The summed E-state index contributed by atoms with van der Waals surface area (Å²) >= 11 is 0. The maximum Gasteiger partial charge on any atom is 0.276 e. The standard InChI is InChI=1S/C14H17N5O2/c1-3-10-4-6-11(7-5-10)18(2)14-9-12(19(20)21)8-13(16-14)17-15/h4-9H,3,15H2,1-2H3,(H,16,17). The molecule has 0 aliphatic carbocycles. The largest absolute Gasteiger partial charge is 0.329 e. The molecule has 1 aromatic heterocycles. The zero-order valence-corrected chi connectivity index (χ0v) is 11.9. The fraction of sp³-hybridized carbons (Fsp3) is 0.214. The number of anilines is 3. The van der Waals surface area contributed by atoms with Crippen molar-refractivity contribution in [1.82, 2.24) is 4.98 Å². The summed E-state index contributed by atoms with van der Waals surface area (Å²) in [5.41, 5.74) is 4.40. The molecule has 0 radical (unpaired) electrons. The predicted molar refractivity (Wildman–Crippen MR) is 82.6 cm³/mol. The third kappa shape index (κ3) is 3.26. The molecule has 0 aliphatic heterocycles. The molecule has 7 heteroatoms. The molecule has 110 valence electrons. The average molecular weight is 287 g/mol. The molecule has 0 fully saturated rings. The van der Waals surface area contributed by atoms with Crippen molar-refractivity contribution in [3.05, 3.63) is 52.1 Å². The number of nitrogens with zero attached hydrogens (tertiary/aromatic N) is 3. The molecule has 1 heterocycles. The summed E-state index contributed by atoms with van der Waals surface area (Å²) in [6.07, 6.45) is 0.959. The van der Waals surface area contributed by atoms with Crippen molar-refractivity contribution in [1.29, 1.82) is 0 Å². The van der Waals surface area contributed by atoms with E-state index in [0.29, 0.717) is 5.82 Å². The summed E-state index contributed by atoms with van der Waals surface area (Å²) in [6, 6.07) is 10.6. The van der Waals surface area contributed by atoms with E-state index in [4.69, 9.17) is 5.84 Å². The number of hydrogen-bond acceptors (Lipinski definition) is 6. The van der Waals surface area contributed by atoms with Gasteiger partial charge in [0.05, 0.1) is 17.1 Å². The van der Waals surface area contributed by atoms with Crippen LogP contribution in [0.4, 0.5) is 23.0 Å². The molecule has 0 amide bonds. The highest BCUT2D eigenvalue weighted by molar-refractivity contribution is 5.64. The highest BCUT2D eigenvalue weighted by Crippen LogP contribution is 2.27. The first kappa shape index (κ1) is 14.7. The second-order valence-electron chi connectivity index (χ2n) is 4.55. The van der Waals surface area contributed by atoms with Crippen LogP contribution in [-0.2, 0) is 6.42 Å². The summed E-state index contributed by atoms with van der Waals surface area (Å²) in [5, 5.41) is 11.0. The molecule has 2 aromatic rings. The smallest absolute Gasteiger partial charge is 0.276 e. The van der Waals surface area contributed by atoms with Crippen molar-refractivity contribution in [2.75, 3.05) is 17.4 Å². The lowest BCUT2D eigenvalue weighted by atomic mass is 10.1. The summed E-state index contributed by atoms with van der Waals surface area (Å²) in [4.78, 5) is 16.5. The summed E-state index contributed by atoms with van der Waals surface area (Å²) < 4.78 is 0. The Labute approximate surface area is 122 Å². The fourth-order valence-electron chi connectivity index (χ4n) is 1.94. The van der Waals surface area contributed by atoms with Crippen molar-refractivity contribution >= 4 is 23.0 Å². The summed E-state index contributed by atoms with van der Waals surface area (Å²) in [7, 11) is 1.80. The molecule has 0 atom stereocenters. The number of hydrazine groups is 1. The van der Waals surface area contributed by atoms with E-state index < -0.39 is 4.92 Å². The van der Waals surface area contributed by atoms with Crippen LogP contribution in [0.15, 0.2) is 36.4 Å². The molecule has 1 aromatic carbocycles. The van der Waals surface area contributed by atoms with Gasteiger partial charge in [-0.05, 0) is 24.1 Å². The first-order valence-corrected chi connectivity index (χ1v) is 6.51. The monoisotopic (exact) mass is 287 g/mol. The Morgan fingerprint density at radius 1 is 1.33 bits per heavy atom. The van der Waals surface area contributed by atoms with Crippen LogP contribution in [0, 0.1) is 10.1 Å². The van der Waals surface area contributed by atoms with E-state index in [1.54, 1.807) is 11.9 Å². The number of hydrogen-bond donors (Lipinski definition) is 2. The van der Waals surface area contributed by atoms with Gasteiger partial charge in [0.15, 0.2) is 0 Å². The highest BCUT2D eigenvalue weighted by atomic mass is 16.6. The normalized spacial score (nSPS) is 10.2. The van der Waals surface area contributed by atoms with Crippen LogP contribution >= 0.6 is 0 Å². The number of aromatic nitrogens is 1.